The molecule has 0 spiro atoms. The standard InChI is InChI=1S/C7H10O2/c1-5-3-4-6(5)7(8)9-2/h4-5H,3H2,1-2H3. The number of carbonyl (C=O) groups excluding carboxylic acids is 1. The second-order valence-corrected chi connectivity index (χ2v) is 2.29. The Hall–Kier alpha value is -0.790. The lowest BCUT2D eigenvalue weighted by Gasteiger charge is -2.20. The molecule has 1 rings (SSSR count). The second kappa shape index (κ2) is 2.21. The van der Waals surface area contributed by atoms with E-state index in [2.05, 4.69) is 4.74 Å². The van der Waals surface area contributed by atoms with Crippen LogP contribution in [0, 0.1) is 5.92 Å². The summed E-state index contributed by atoms with van der Waals surface area (Å²) in [4.78, 5) is 10.7. The fourth-order valence-corrected chi connectivity index (χ4v) is 0.874. The van der Waals surface area contributed by atoms with Gasteiger partial charge in [-0.05, 0) is 12.3 Å². The van der Waals surface area contributed by atoms with Gasteiger partial charge in [-0.25, -0.2) is 4.79 Å². The van der Waals surface area contributed by atoms with E-state index >= 15 is 0 Å². The van der Waals surface area contributed by atoms with Gasteiger partial charge in [0.25, 0.3) is 0 Å². The number of allylic oxidation sites excluding steroid dienone is 1. The van der Waals surface area contributed by atoms with Crippen LogP contribution in [0.3, 0.4) is 0 Å². The Morgan fingerprint density at radius 1 is 1.89 bits per heavy atom. The lowest BCUT2D eigenvalue weighted by Crippen LogP contribution is -2.18. The van der Waals surface area contributed by atoms with E-state index in [1.165, 1.54) is 7.11 Å². The van der Waals surface area contributed by atoms with Crippen molar-refractivity contribution >= 4 is 5.97 Å². The molecule has 0 heterocycles. The van der Waals surface area contributed by atoms with Crippen molar-refractivity contribution in [3.05, 3.63) is 11.6 Å². The topological polar surface area (TPSA) is 26.3 Å². The first-order chi connectivity index (χ1) is 4.25. The van der Waals surface area contributed by atoms with E-state index in [1.54, 1.807) is 0 Å². The molecule has 1 atom stereocenters. The summed E-state index contributed by atoms with van der Waals surface area (Å²) in [7, 11) is 1.41. The summed E-state index contributed by atoms with van der Waals surface area (Å²) >= 11 is 0. The van der Waals surface area contributed by atoms with Crippen LogP contribution in [0.1, 0.15) is 13.3 Å². The molecule has 1 aliphatic carbocycles. The molecule has 1 unspecified atom stereocenters. The molecular formula is C7H10O2. The Morgan fingerprint density at radius 2 is 2.56 bits per heavy atom. The average Bonchev–Trinajstić information content (AvgIpc) is 1.84. The highest BCUT2D eigenvalue weighted by atomic mass is 16.5. The molecule has 0 N–H and O–H groups in total. The van der Waals surface area contributed by atoms with Crippen LogP contribution < -0.4 is 0 Å². The first-order valence-electron chi connectivity index (χ1n) is 3.04. The summed E-state index contributed by atoms with van der Waals surface area (Å²) in [6.07, 6.45) is 2.93. The Labute approximate surface area is 54.5 Å². The molecule has 0 aliphatic heterocycles. The first kappa shape index (κ1) is 6.33. The van der Waals surface area contributed by atoms with Gasteiger partial charge < -0.3 is 4.74 Å². The van der Waals surface area contributed by atoms with Gasteiger partial charge in [0.05, 0.1) is 7.11 Å². The number of esters is 1. The van der Waals surface area contributed by atoms with Crippen LogP contribution in [0.4, 0.5) is 0 Å². The Kier molecular flexibility index (Phi) is 1.56. The predicted molar refractivity (Wildman–Crippen MR) is 33.9 cm³/mol. The minimum absolute atomic E-state index is 0.172. The molecule has 1 aliphatic rings. The van der Waals surface area contributed by atoms with Crippen LogP contribution >= 0.6 is 0 Å². The van der Waals surface area contributed by atoms with Gasteiger partial charge in [0, 0.05) is 5.57 Å². The highest BCUT2D eigenvalue weighted by Crippen LogP contribution is 2.26. The molecule has 0 aromatic carbocycles. The van der Waals surface area contributed by atoms with Gasteiger partial charge in [0.2, 0.25) is 0 Å². The molecule has 2 nitrogen and oxygen atoms in total. The van der Waals surface area contributed by atoms with E-state index in [-0.39, 0.29) is 5.97 Å². The van der Waals surface area contributed by atoms with Crippen LogP contribution in [-0.2, 0) is 9.53 Å². The molecule has 2 heteroatoms. The third-order valence-electron chi connectivity index (χ3n) is 1.64. The summed E-state index contributed by atoms with van der Waals surface area (Å²) in [5.41, 5.74) is 0.831. The van der Waals surface area contributed by atoms with Crippen molar-refractivity contribution < 1.29 is 9.53 Å². The average molecular weight is 126 g/mol. The molecule has 0 aromatic heterocycles. The van der Waals surface area contributed by atoms with E-state index in [1.807, 2.05) is 13.0 Å². The van der Waals surface area contributed by atoms with Crippen molar-refractivity contribution in [2.24, 2.45) is 5.92 Å². The summed E-state index contributed by atoms with van der Waals surface area (Å²) in [5.74, 6) is 0.242. The monoisotopic (exact) mass is 126 g/mol. The molecule has 50 valence electrons. The molecular weight excluding hydrogens is 116 g/mol. The number of rotatable bonds is 1. The van der Waals surface area contributed by atoms with Crippen molar-refractivity contribution in [2.75, 3.05) is 7.11 Å². The van der Waals surface area contributed by atoms with Gasteiger partial charge in [-0.3, -0.25) is 0 Å². The van der Waals surface area contributed by atoms with Gasteiger partial charge in [-0.2, -0.15) is 0 Å². The van der Waals surface area contributed by atoms with E-state index in [0.29, 0.717) is 5.92 Å². The predicted octanol–water partition coefficient (Wildman–Crippen LogP) is 1.13. The Morgan fingerprint density at radius 3 is 2.67 bits per heavy atom. The van der Waals surface area contributed by atoms with E-state index < -0.39 is 0 Å². The highest BCUT2D eigenvalue weighted by Gasteiger charge is 2.23. The SMILES string of the molecule is COC(=O)C1=CCC1C. The number of methoxy groups -OCH3 is 1. The number of carbonyl (C=O) groups is 1. The van der Waals surface area contributed by atoms with Crippen molar-refractivity contribution in [1.82, 2.24) is 0 Å². The molecule has 0 bridgehead atoms. The normalized spacial score (nSPS) is 24.2. The molecule has 0 aromatic rings. The smallest absolute Gasteiger partial charge is 0.333 e. The van der Waals surface area contributed by atoms with Gasteiger partial charge in [-0.15, -0.1) is 0 Å². The van der Waals surface area contributed by atoms with Gasteiger partial charge in [0.1, 0.15) is 0 Å². The molecule has 9 heavy (non-hydrogen) atoms. The van der Waals surface area contributed by atoms with E-state index in [9.17, 15) is 4.79 Å². The van der Waals surface area contributed by atoms with Gasteiger partial charge in [0.15, 0.2) is 0 Å². The molecule has 0 amide bonds. The zero-order valence-corrected chi connectivity index (χ0v) is 5.68. The van der Waals surface area contributed by atoms with E-state index in [0.717, 1.165) is 12.0 Å². The van der Waals surface area contributed by atoms with Crippen molar-refractivity contribution in [2.45, 2.75) is 13.3 Å². The molecule has 0 radical (unpaired) electrons. The Balaban J connectivity index is 2.54. The summed E-state index contributed by atoms with van der Waals surface area (Å²) < 4.78 is 4.52. The van der Waals surface area contributed by atoms with Crippen LogP contribution in [-0.4, -0.2) is 13.1 Å². The Bertz CT molecular complexity index is 158. The first-order valence-corrected chi connectivity index (χ1v) is 3.04. The quantitative estimate of drug-likeness (QED) is 0.492. The summed E-state index contributed by atoms with van der Waals surface area (Å²) in [6.45, 7) is 2.02. The summed E-state index contributed by atoms with van der Waals surface area (Å²) in [5, 5.41) is 0. The lowest BCUT2D eigenvalue weighted by molar-refractivity contribution is -0.137. The molecule has 0 saturated heterocycles. The minimum Gasteiger partial charge on any atom is -0.466 e. The maximum Gasteiger partial charge on any atom is 0.333 e. The third kappa shape index (κ3) is 0.969. The van der Waals surface area contributed by atoms with Gasteiger partial charge >= 0.3 is 5.97 Å². The molecule has 0 saturated carbocycles. The second-order valence-electron chi connectivity index (χ2n) is 2.29. The fourth-order valence-electron chi connectivity index (χ4n) is 0.874. The van der Waals surface area contributed by atoms with Crippen molar-refractivity contribution in [3.63, 3.8) is 0 Å². The number of hydrogen-bond acceptors (Lipinski definition) is 2. The minimum atomic E-state index is -0.172. The lowest BCUT2D eigenvalue weighted by atomic mass is 9.87. The largest absolute Gasteiger partial charge is 0.466 e. The highest BCUT2D eigenvalue weighted by molar-refractivity contribution is 5.90. The van der Waals surface area contributed by atoms with Gasteiger partial charge in [-0.1, -0.05) is 13.0 Å². The van der Waals surface area contributed by atoms with Crippen LogP contribution in [0.25, 0.3) is 0 Å². The van der Waals surface area contributed by atoms with Crippen molar-refractivity contribution in [3.8, 4) is 0 Å². The maximum atomic E-state index is 10.7. The summed E-state index contributed by atoms with van der Waals surface area (Å²) in [6, 6.07) is 0. The van der Waals surface area contributed by atoms with Crippen LogP contribution in [0.5, 0.6) is 0 Å². The number of hydrogen-bond donors (Lipinski definition) is 0. The number of ether oxygens (including phenoxy) is 1. The molecule has 0 fully saturated rings. The maximum absolute atomic E-state index is 10.7. The van der Waals surface area contributed by atoms with E-state index in [4.69, 9.17) is 0 Å². The zero-order chi connectivity index (χ0) is 6.85. The fraction of sp³-hybridized carbons (Fsp3) is 0.571. The van der Waals surface area contributed by atoms with Crippen LogP contribution in [0.2, 0.25) is 0 Å². The van der Waals surface area contributed by atoms with Crippen LogP contribution in [0.15, 0.2) is 11.6 Å². The zero-order valence-electron chi connectivity index (χ0n) is 5.68. The van der Waals surface area contributed by atoms with Crippen molar-refractivity contribution in [1.29, 1.82) is 0 Å². The third-order valence-corrected chi connectivity index (χ3v) is 1.64.